The number of benzene rings is 1. The van der Waals surface area contributed by atoms with Gasteiger partial charge in [0.2, 0.25) is 10.0 Å². The molecule has 1 N–H and O–H groups in total. The number of hydrogen-bond donors (Lipinski definition) is 1. The molecule has 2 rings (SSSR count). The van der Waals surface area contributed by atoms with Gasteiger partial charge in [-0.3, -0.25) is 4.79 Å². The number of hydrogen-bond acceptors (Lipinski definition) is 5. The Labute approximate surface area is 135 Å². The van der Waals surface area contributed by atoms with Crippen molar-refractivity contribution in [1.82, 2.24) is 4.31 Å². The summed E-state index contributed by atoms with van der Waals surface area (Å²) in [6.07, 6.45) is 0.716. The van der Waals surface area contributed by atoms with Gasteiger partial charge in [-0.05, 0) is 30.5 Å². The second kappa shape index (κ2) is 6.96. The number of ether oxygens (including phenoxy) is 2. The molecule has 128 valence electrons. The fourth-order valence-corrected chi connectivity index (χ4v) is 4.70. The molecule has 0 radical (unpaired) electrons. The molecule has 1 unspecified atom stereocenters. The Morgan fingerprint density at radius 2 is 1.91 bits per heavy atom. The number of methoxy groups -OCH3 is 2. The minimum absolute atomic E-state index is 0.0704. The Hall–Kier alpha value is -1.48. The molecule has 1 heterocycles. The van der Waals surface area contributed by atoms with E-state index in [1.807, 2.05) is 0 Å². The molecule has 8 heteroatoms. The van der Waals surface area contributed by atoms with E-state index < -0.39 is 21.5 Å². The third-order valence-electron chi connectivity index (χ3n) is 4.03. The van der Waals surface area contributed by atoms with Crippen LogP contribution in [-0.4, -0.2) is 56.7 Å². The van der Waals surface area contributed by atoms with Gasteiger partial charge in [0.05, 0.1) is 18.1 Å². The average molecular weight is 343 g/mol. The first kappa shape index (κ1) is 17.9. The molecule has 1 aromatic carbocycles. The minimum atomic E-state index is -3.91. The summed E-state index contributed by atoms with van der Waals surface area (Å²) in [5.74, 6) is -1.18. The second-order valence-electron chi connectivity index (χ2n) is 5.53. The zero-order valence-corrected chi connectivity index (χ0v) is 14.0. The fraction of sp³-hybridized carbons (Fsp3) is 0.533. The van der Waals surface area contributed by atoms with E-state index >= 15 is 0 Å². The van der Waals surface area contributed by atoms with E-state index in [0.717, 1.165) is 9.87 Å². The van der Waals surface area contributed by atoms with Crippen molar-refractivity contribution in [2.24, 2.45) is 0 Å². The number of carboxylic acids is 1. The lowest BCUT2D eigenvalue weighted by Gasteiger charge is -2.33. The van der Waals surface area contributed by atoms with Crippen LogP contribution in [-0.2, 0) is 30.9 Å². The summed E-state index contributed by atoms with van der Waals surface area (Å²) >= 11 is 0. The van der Waals surface area contributed by atoms with Gasteiger partial charge in [0.25, 0.3) is 0 Å². The number of aliphatic carboxylic acids is 1. The molecule has 0 saturated carbocycles. The van der Waals surface area contributed by atoms with Crippen LogP contribution in [0.1, 0.15) is 18.4 Å². The molecule has 7 nitrogen and oxygen atoms in total. The SMILES string of the molecule is COCc1ccc(S(=O)(=O)N2CCCC2(COC)C(=O)O)cc1. The van der Waals surface area contributed by atoms with Crippen molar-refractivity contribution in [1.29, 1.82) is 0 Å². The van der Waals surface area contributed by atoms with Crippen molar-refractivity contribution in [2.45, 2.75) is 29.9 Å². The van der Waals surface area contributed by atoms with Crippen LogP contribution in [0, 0.1) is 0 Å². The molecule has 1 aliphatic heterocycles. The lowest BCUT2D eigenvalue weighted by atomic mass is 9.99. The molecule has 1 aromatic rings. The maximum absolute atomic E-state index is 12.9. The minimum Gasteiger partial charge on any atom is -0.480 e. The molecule has 1 fully saturated rings. The highest BCUT2D eigenvalue weighted by molar-refractivity contribution is 7.89. The maximum Gasteiger partial charge on any atom is 0.327 e. The monoisotopic (exact) mass is 343 g/mol. The lowest BCUT2D eigenvalue weighted by Crippen LogP contribution is -2.55. The third kappa shape index (κ3) is 3.25. The Bertz CT molecular complexity index is 657. The van der Waals surface area contributed by atoms with Crippen LogP contribution >= 0.6 is 0 Å². The first-order valence-corrected chi connectivity index (χ1v) is 8.65. The van der Waals surface area contributed by atoms with Crippen molar-refractivity contribution in [3.63, 3.8) is 0 Å². The molecular weight excluding hydrogens is 322 g/mol. The van der Waals surface area contributed by atoms with Crippen molar-refractivity contribution in [3.8, 4) is 0 Å². The maximum atomic E-state index is 12.9. The van der Waals surface area contributed by atoms with E-state index in [1.165, 1.54) is 19.2 Å². The summed E-state index contributed by atoms with van der Waals surface area (Å²) in [4.78, 5) is 11.8. The molecule has 1 atom stereocenters. The van der Waals surface area contributed by atoms with Crippen LogP contribution in [0.4, 0.5) is 0 Å². The quantitative estimate of drug-likeness (QED) is 0.796. The van der Waals surface area contributed by atoms with Gasteiger partial charge in [0.15, 0.2) is 5.54 Å². The average Bonchev–Trinajstić information content (AvgIpc) is 2.94. The zero-order valence-electron chi connectivity index (χ0n) is 13.2. The van der Waals surface area contributed by atoms with E-state index in [1.54, 1.807) is 19.2 Å². The predicted octanol–water partition coefficient (Wildman–Crippen LogP) is 1.09. The largest absolute Gasteiger partial charge is 0.480 e. The van der Waals surface area contributed by atoms with Gasteiger partial charge in [0.1, 0.15) is 0 Å². The molecule has 0 amide bonds. The molecular formula is C15H21NO6S. The van der Waals surface area contributed by atoms with Gasteiger partial charge in [0, 0.05) is 20.8 Å². The third-order valence-corrected chi connectivity index (χ3v) is 6.01. The van der Waals surface area contributed by atoms with Crippen molar-refractivity contribution in [3.05, 3.63) is 29.8 Å². The Balaban J connectivity index is 2.39. The first-order valence-electron chi connectivity index (χ1n) is 7.21. The second-order valence-corrected chi connectivity index (χ2v) is 7.39. The number of carboxylic acid groups (broad SMARTS) is 1. The van der Waals surface area contributed by atoms with E-state index in [-0.39, 0.29) is 24.5 Å². The smallest absolute Gasteiger partial charge is 0.327 e. The number of nitrogens with zero attached hydrogens (tertiary/aromatic N) is 1. The van der Waals surface area contributed by atoms with E-state index in [9.17, 15) is 18.3 Å². The molecule has 1 saturated heterocycles. The van der Waals surface area contributed by atoms with Gasteiger partial charge < -0.3 is 14.6 Å². The van der Waals surface area contributed by atoms with Gasteiger partial charge in [-0.2, -0.15) is 4.31 Å². The van der Waals surface area contributed by atoms with Gasteiger partial charge in [-0.1, -0.05) is 12.1 Å². The molecule has 0 spiro atoms. The zero-order chi connectivity index (χ0) is 17.1. The molecule has 0 aromatic heterocycles. The predicted molar refractivity (Wildman–Crippen MR) is 82.5 cm³/mol. The lowest BCUT2D eigenvalue weighted by molar-refractivity contribution is -0.150. The van der Waals surface area contributed by atoms with Crippen LogP contribution < -0.4 is 0 Å². The van der Waals surface area contributed by atoms with Gasteiger partial charge in [-0.15, -0.1) is 0 Å². The number of carbonyl (C=O) groups is 1. The van der Waals surface area contributed by atoms with Crippen LogP contribution in [0.5, 0.6) is 0 Å². The van der Waals surface area contributed by atoms with Crippen LogP contribution in [0.3, 0.4) is 0 Å². The molecule has 23 heavy (non-hydrogen) atoms. The standard InChI is InChI=1S/C15H21NO6S/c1-21-10-12-4-6-13(7-5-12)23(19,20)16-9-3-8-15(16,11-22-2)14(17)18/h4-7H,3,8-11H2,1-2H3,(H,17,18). The summed E-state index contributed by atoms with van der Waals surface area (Å²) in [5.41, 5.74) is -0.701. The van der Waals surface area contributed by atoms with E-state index in [4.69, 9.17) is 9.47 Å². The Kier molecular flexibility index (Phi) is 5.41. The topological polar surface area (TPSA) is 93.1 Å². The number of sulfonamides is 1. The summed E-state index contributed by atoms with van der Waals surface area (Å²) in [5, 5.41) is 9.59. The van der Waals surface area contributed by atoms with E-state index in [2.05, 4.69) is 0 Å². The molecule has 0 aliphatic carbocycles. The summed E-state index contributed by atoms with van der Waals surface area (Å²) in [7, 11) is -0.989. The summed E-state index contributed by atoms with van der Waals surface area (Å²) < 4.78 is 36.8. The van der Waals surface area contributed by atoms with Gasteiger partial charge in [-0.25, -0.2) is 8.42 Å². The van der Waals surface area contributed by atoms with Crippen molar-refractivity contribution >= 4 is 16.0 Å². The highest BCUT2D eigenvalue weighted by Gasteiger charge is 2.53. The summed E-state index contributed by atoms with van der Waals surface area (Å²) in [6, 6.07) is 6.26. The van der Waals surface area contributed by atoms with E-state index in [0.29, 0.717) is 13.0 Å². The fourth-order valence-electron chi connectivity index (χ4n) is 2.91. The van der Waals surface area contributed by atoms with Crippen molar-refractivity contribution in [2.75, 3.05) is 27.4 Å². The highest BCUT2D eigenvalue weighted by Crippen LogP contribution is 2.35. The normalized spacial score (nSPS) is 22.3. The van der Waals surface area contributed by atoms with Crippen molar-refractivity contribution < 1.29 is 27.8 Å². The van der Waals surface area contributed by atoms with Gasteiger partial charge >= 0.3 is 5.97 Å². The summed E-state index contributed by atoms with van der Waals surface area (Å²) in [6.45, 7) is 0.369. The Morgan fingerprint density at radius 3 is 2.43 bits per heavy atom. The van der Waals surface area contributed by atoms with Crippen LogP contribution in [0.15, 0.2) is 29.2 Å². The van der Waals surface area contributed by atoms with Crippen LogP contribution in [0.25, 0.3) is 0 Å². The van der Waals surface area contributed by atoms with Crippen LogP contribution in [0.2, 0.25) is 0 Å². The highest BCUT2D eigenvalue weighted by atomic mass is 32.2. The first-order chi connectivity index (χ1) is 10.9. The molecule has 1 aliphatic rings. The Morgan fingerprint density at radius 1 is 1.26 bits per heavy atom. The number of rotatable bonds is 7. The molecule has 0 bridgehead atoms.